The number of hydrogen-bond acceptors (Lipinski definition) is 4. The summed E-state index contributed by atoms with van der Waals surface area (Å²) in [7, 11) is -2.15. The van der Waals surface area contributed by atoms with Crippen molar-refractivity contribution in [2.45, 2.75) is 0 Å². The SMILES string of the molecule is CN(c1ncccc1C(=O)Cl)S(C)(=O)=O. The van der Waals surface area contributed by atoms with E-state index in [1.807, 2.05) is 0 Å². The first-order valence-electron chi connectivity index (χ1n) is 3.93. The van der Waals surface area contributed by atoms with Crippen molar-refractivity contribution in [3.05, 3.63) is 23.9 Å². The number of nitrogens with zero attached hydrogens (tertiary/aromatic N) is 2. The Hall–Kier alpha value is -1.14. The molecule has 0 N–H and O–H groups in total. The van der Waals surface area contributed by atoms with Gasteiger partial charge in [-0.3, -0.25) is 9.10 Å². The highest BCUT2D eigenvalue weighted by Gasteiger charge is 2.19. The van der Waals surface area contributed by atoms with Gasteiger partial charge in [-0.05, 0) is 23.7 Å². The van der Waals surface area contributed by atoms with Crippen LogP contribution in [0.15, 0.2) is 18.3 Å². The van der Waals surface area contributed by atoms with E-state index in [0.717, 1.165) is 10.6 Å². The molecule has 0 saturated carbocycles. The highest BCUT2D eigenvalue weighted by molar-refractivity contribution is 7.92. The molecular formula is C8H9ClN2O3S. The lowest BCUT2D eigenvalue weighted by Gasteiger charge is -2.16. The number of anilines is 1. The Morgan fingerprint density at radius 3 is 2.60 bits per heavy atom. The fourth-order valence-corrected chi connectivity index (χ4v) is 1.57. The Kier molecular flexibility index (Phi) is 3.31. The zero-order valence-corrected chi connectivity index (χ0v) is 9.71. The van der Waals surface area contributed by atoms with E-state index < -0.39 is 15.3 Å². The molecule has 0 amide bonds. The standard InChI is InChI=1S/C8H9ClN2O3S/c1-11(15(2,13)14)8-6(7(9)12)4-3-5-10-8/h3-5H,1-2H3. The molecule has 0 atom stereocenters. The third-order valence-electron chi connectivity index (χ3n) is 1.79. The minimum atomic E-state index is -3.45. The number of hydrogen-bond donors (Lipinski definition) is 0. The monoisotopic (exact) mass is 248 g/mol. The van der Waals surface area contributed by atoms with Gasteiger partial charge < -0.3 is 0 Å². The van der Waals surface area contributed by atoms with E-state index in [1.54, 1.807) is 0 Å². The van der Waals surface area contributed by atoms with Crippen LogP contribution in [-0.2, 0) is 10.0 Å². The molecule has 5 nitrogen and oxygen atoms in total. The maximum absolute atomic E-state index is 11.2. The predicted octanol–water partition coefficient (Wildman–Crippen LogP) is 0.856. The topological polar surface area (TPSA) is 67.3 Å². The molecule has 0 unspecified atom stereocenters. The zero-order valence-electron chi connectivity index (χ0n) is 8.14. The molecule has 1 aromatic rings. The number of carbonyl (C=O) groups is 1. The first-order chi connectivity index (χ1) is 6.84. The van der Waals surface area contributed by atoms with Crippen LogP contribution >= 0.6 is 11.6 Å². The van der Waals surface area contributed by atoms with Crippen molar-refractivity contribution in [1.82, 2.24) is 4.98 Å². The Balaban J connectivity index is 3.32. The molecule has 82 valence electrons. The predicted molar refractivity (Wildman–Crippen MR) is 57.7 cm³/mol. The van der Waals surface area contributed by atoms with Gasteiger partial charge in [0, 0.05) is 13.2 Å². The Morgan fingerprint density at radius 1 is 1.53 bits per heavy atom. The van der Waals surface area contributed by atoms with Crippen molar-refractivity contribution in [3.63, 3.8) is 0 Å². The van der Waals surface area contributed by atoms with Crippen molar-refractivity contribution in [3.8, 4) is 0 Å². The molecule has 0 aliphatic rings. The summed E-state index contributed by atoms with van der Waals surface area (Å²) < 4.78 is 23.4. The second kappa shape index (κ2) is 4.16. The van der Waals surface area contributed by atoms with E-state index in [4.69, 9.17) is 11.6 Å². The van der Waals surface area contributed by atoms with E-state index in [1.165, 1.54) is 25.4 Å². The van der Waals surface area contributed by atoms with E-state index in [2.05, 4.69) is 4.98 Å². The van der Waals surface area contributed by atoms with Crippen LogP contribution in [0.2, 0.25) is 0 Å². The summed E-state index contributed by atoms with van der Waals surface area (Å²) in [5.74, 6) is 0.0278. The third-order valence-corrected chi connectivity index (χ3v) is 3.17. The van der Waals surface area contributed by atoms with Gasteiger partial charge in [0.25, 0.3) is 5.24 Å². The molecule has 1 aromatic heterocycles. The average molecular weight is 249 g/mol. The Morgan fingerprint density at radius 2 is 2.13 bits per heavy atom. The fourth-order valence-electron chi connectivity index (χ4n) is 0.958. The van der Waals surface area contributed by atoms with Gasteiger partial charge in [-0.1, -0.05) is 0 Å². The van der Waals surface area contributed by atoms with E-state index >= 15 is 0 Å². The summed E-state index contributed by atoms with van der Waals surface area (Å²) >= 11 is 5.30. The van der Waals surface area contributed by atoms with Crippen LogP contribution in [0.25, 0.3) is 0 Å². The van der Waals surface area contributed by atoms with Crippen LogP contribution in [0.4, 0.5) is 5.82 Å². The summed E-state index contributed by atoms with van der Waals surface area (Å²) in [5.41, 5.74) is 0.0621. The van der Waals surface area contributed by atoms with Crippen molar-refractivity contribution < 1.29 is 13.2 Å². The molecule has 0 aromatic carbocycles. The maximum atomic E-state index is 11.2. The number of rotatable bonds is 3. The van der Waals surface area contributed by atoms with E-state index in [9.17, 15) is 13.2 Å². The first kappa shape index (κ1) is 11.9. The molecule has 15 heavy (non-hydrogen) atoms. The van der Waals surface area contributed by atoms with Crippen LogP contribution in [-0.4, -0.2) is 31.9 Å². The van der Waals surface area contributed by atoms with Gasteiger partial charge in [0.05, 0.1) is 11.8 Å². The first-order valence-corrected chi connectivity index (χ1v) is 6.15. The van der Waals surface area contributed by atoms with Crippen molar-refractivity contribution in [2.24, 2.45) is 0 Å². The van der Waals surface area contributed by atoms with Crippen molar-refractivity contribution >= 4 is 32.7 Å². The Labute approximate surface area is 92.7 Å². The highest BCUT2D eigenvalue weighted by Crippen LogP contribution is 2.19. The zero-order chi connectivity index (χ0) is 11.6. The average Bonchev–Trinajstić information content (AvgIpc) is 2.15. The molecule has 0 aliphatic carbocycles. The van der Waals surface area contributed by atoms with Crippen LogP contribution in [0.5, 0.6) is 0 Å². The molecule has 0 radical (unpaired) electrons. The van der Waals surface area contributed by atoms with Gasteiger partial charge in [-0.25, -0.2) is 13.4 Å². The second-order valence-corrected chi connectivity index (χ2v) is 5.24. The van der Waals surface area contributed by atoms with Crippen molar-refractivity contribution in [2.75, 3.05) is 17.6 Å². The molecule has 1 heterocycles. The molecular weight excluding hydrogens is 240 g/mol. The summed E-state index contributed by atoms with van der Waals surface area (Å²) in [6.45, 7) is 0. The number of pyridine rings is 1. The minimum Gasteiger partial charge on any atom is -0.275 e. The van der Waals surface area contributed by atoms with E-state index in [0.29, 0.717) is 0 Å². The van der Waals surface area contributed by atoms with E-state index in [-0.39, 0.29) is 11.4 Å². The number of sulfonamides is 1. The molecule has 1 rings (SSSR count). The van der Waals surface area contributed by atoms with Gasteiger partial charge in [-0.2, -0.15) is 0 Å². The lowest BCUT2D eigenvalue weighted by Crippen LogP contribution is -2.27. The summed E-state index contributed by atoms with van der Waals surface area (Å²) in [6.07, 6.45) is 2.41. The lowest BCUT2D eigenvalue weighted by atomic mass is 10.3. The van der Waals surface area contributed by atoms with Crippen LogP contribution in [0.3, 0.4) is 0 Å². The molecule has 0 fully saturated rings. The van der Waals surface area contributed by atoms with Crippen LogP contribution in [0, 0.1) is 0 Å². The quantitative estimate of drug-likeness (QED) is 0.744. The van der Waals surface area contributed by atoms with Crippen LogP contribution in [0.1, 0.15) is 10.4 Å². The number of halogens is 1. The second-order valence-electron chi connectivity index (χ2n) is 2.88. The summed E-state index contributed by atoms with van der Waals surface area (Å²) in [5, 5.41) is -0.742. The number of carbonyl (C=O) groups excluding carboxylic acids is 1. The molecule has 7 heteroatoms. The minimum absolute atomic E-state index is 0.0278. The highest BCUT2D eigenvalue weighted by atomic mass is 35.5. The lowest BCUT2D eigenvalue weighted by molar-refractivity contribution is 0.108. The summed E-state index contributed by atoms with van der Waals surface area (Å²) in [4.78, 5) is 14.8. The van der Waals surface area contributed by atoms with Crippen LogP contribution < -0.4 is 4.31 Å². The normalized spacial score (nSPS) is 11.1. The van der Waals surface area contributed by atoms with Gasteiger partial charge in [0.15, 0.2) is 5.82 Å². The van der Waals surface area contributed by atoms with Gasteiger partial charge in [0.1, 0.15) is 0 Å². The largest absolute Gasteiger partial charge is 0.275 e. The van der Waals surface area contributed by atoms with Crippen molar-refractivity contribution in [1.29, 1.82) is 0 Å². The number of aromatic nitrogens is 1. The smallest absolute Gasteiger partial charge is 0.256 e. The molecule has 0 bridgehead atoms. The summed E-state index contributed by atoms with van der Waals surface area (Å²) in [6, 6.07) is 2.93. The maximum Gasteiger partial charge on any atom is 0.256 e. The van der Waals surface area contributed by atoms with Gasteiger partial charge in [0.2, 0.25) is 10.0 Å². The molecule has 0 saturated heterocycles. The Bertz CT molecular complexity index is 486. The third kappa shape index (κ3) is 2.66. The van der Waals surface area contributed by atoms with Gasteiger partial charge >= 0.3 is 0 Å². The molecule has 0 spiro atoms. The molecule has 0 aliphatic heterocycles. The van der Waals surface area contributed by atoms with Gasteiger partial charge in [-0.15, -0.1) is 0 Å². The fraction of sp³-hybridized carbons (Fsp3) is 0.250.